The van der Waals surface area contributed by atoms with Crippen molar-refractivity contribution >= 4 is 11.7 Å². The van der Waals surface area contributed by atoms with Crippen molar-refractivity contribution < 1.29 is 22.8 Å². The maximum atomic E-state index is 13.0. The summed E-state index contributed by atoms with van der Waals surface area (Å²) in [6.07, 6.45) is 1.79. The van der Waals surface area contributed by atoms with E-state index < -0.39 is 23.4 Å². The molecule has 0 unspecified atom stereocenters. The molecule has 19 heavy (non-hydrogen) atoms. The Balaban J connectivity index is 2.06. The number of carbonyl (C=O) groups is 2. The molecule has 0 spiro atoms. The fraction of sp³-hybridized carbons (Fsp3) is 0.385. The molecule has 1 aromatic rings. The van der Waals surface area contributed by atoms with Gasteiger partial charge in [-0.3, -0.25) is 9.59 Å². The van der Waals surface area contributed by atoms with Crippen LogP contribution in [0.1, 0.15) is 36.0 Å². The van der Waals surface area contributed by atoms with E-state index in [0.29, 0.717) is 37.8 Å². The van der Waals surface area contributed by atoms with E-state index in [4.69, 9.17) is 0 Å². The van der Waals surface area contributed by atoms with Crippen LogP contribution in [-0.4, -0.2) is 17.7 Å². The zero-order chi connectivity index (χ0) is 14.0. The van der Waals surface area contributed by atoms with E-state index in [1.165, 1.54) is 0 Å². The Morgan fingerprint density at radius 3 is 2.16 bits per heavy atom. The maximum Gasteiger partial charge on any atom is 0.251 e. The monoisotopic (exact) mass is 271 g/mol. The summed E-state index contributed by atoms with van der Waals surface area (Å²) >= 11 is 0. The summed E-state index contributed by atoms with van der Waals surface area (Å²) < 4.78 is 38.7. The molecule has 1 fully saturated rings. The lowest BCUT2D eigenvalue weighted by molar-refractivity contribution is -0.120. The molecule has 0 radical (unpaired) electrons. The highest BCUT2D eigenvalue weighted by molar-refractivity contribution is 5.94. The van der Waals surface area contributed by atoms with E-state index in [2.05, 4.69) is 5.32 Å². The number of ketones is 1. The first-order valence-corrected chi connectivity index (χ1v) is 5.94. The molecule has 1 saturated carbocycles. The van der Waals surface area contributed by atoms with E-state index in [1.54, 1.807) is 0 Å². The van der Waals surface area contributed by atoms with E-state index in [-0.39, 0.29) is 17.4 Å². The second-order valence-corrected chi connectivity index (χ2v) is 4.54. The topological polar surface area (TPSA) is 46.2 Å². The summed E-state index contributed by atoms with van der Waals surface area (Å²) in [6, 6.07) is 1.12. The van der Waals surface area contributed by atoms with Gasteiger partial charge in [0, 0.05) is 24.4 Å². The molecule has 0 bridgehead atoms. The number of carbonyl (C=O) groups excluding carboxylic acids is 2. The number of Topliss-reactive ketones (excluding diaryl/α,β-unsaturated/α-hetero) is 1. The van der Waals surface area contributed by atoms with Crippen molar-refractivity contribution in [1.29, 1.82) is 0 Å². The summed E-state index contributed by atoms with van der Waals surface area (Å²) in [6.45, 7) is 0. The first-order valence-electron chi connectivity index (χ1n) is 5.94. The maximum absolute atomic E-state index is 13.0. The third-order valence-electron chi connectivity index (χ3n) is 3.12. The summed E-state index contributed by atoms with van der Waals surface area (Å²) in [5.74, 6) is -4.92. The van der Waals surface area contributed by atoms with Gasteiger partial charge in [0.05, 0.1) is 0 Å². The van der Waals surface area contributed by atoms with Crippen LogP contribution in [0.2, 0.25) is 0 Å². The molecule has 6 heteroatoms. The minimum absolute atomic E-state index is 0.143. The van der Waals surface area contributed by atoms with Crippen LogP contribution in [0.3, 0.4) is 0 Å². The van der Waals surface area contributed by atoms with Gasteiger partial charge in [-0.15, -0.1) is 0 Å². The van der Waals surface area contributed by atoms with Crippen LogP contribution in [0.15, 0.2) is 12.1 Å². The van der Waals surface area contributed by atoms with Gasteiger partial charge in [0.1, 0.15) is 5.78 Å². The number of hydrogen-bond donors (Lipinski definition) is 1. The van der Waals surface area contributed by atoms with E-state index in [9.17, 15) is 22.8 Å². The smallest absolute Gasteiger partial charge is 0.251 e. The normalized spacial score (nSPS) is 16.5. The Morgan fingerprint density at radius 1 is 1.11 bits per heavy atom. The van der Waals surface area contributed by atoms with Gasteiger partial charge in [-0.25, -0.2) is 13.2 Å². The molecule has 0 heterocycles. The van der Waals surface area contributed by atoms with Crippen LogP contribution < -0.4 is 5.32 Å². The summed E-state index contributed by atoms with van der Waals surface area (Å²) in [5.41, 5.74) is -0.270. The molecule has 2 rings (SSSR count). The number of hydrogen-bond acceptors (Lipinski definition) is 2. The molecule has 0 aromatic heterocycles. The number of nitrogens with one attached hydrogen (secondary N) is 1. The quantitative estimate of drug-likeness (QED) is 0.839. The molecule has 0 atom stereocenters. The first kappa shape index (κ1) is 13.6. The van der Waals surface area contributed by atoms with Crippen LogP contribution in [0.25, 0.3) is 0 Å². The van der Waals surface area contributed by atoms with Crippen molar-refractivity contribution in [3.05, 3.63) is 35.1 Å². The Morgan fingerprint density at radius 2 is 1.63 bits per heavy atom. The number of rotatable bonds is 2. The van der Waals surface area contributed by atoms with Gasteiger partial charge in [-0.05, 0) is 25.0 Å². The number of amides is 1. The summed E-state index contributed by atoms with van der Waals surface area (Å²) in [5, 5.41) is 2.58. The Hall–Kier alpha value is -1.85. The molecule has 1 N–H and O–H groups in total. The number of benzene rings is 1. The minimum Gasteiger partial charge on any atom is -0.349 e. The van der Waals surface area contributed by atoms with Crippen LogP contribution in [0.4, 0.5) is 13.2 Å². The molecule has 3 nitrogen and oxygen atoms in total. The highest BCUT2D eigenvalue weighted by Crippen LogP contribution is 2.17. The Labute approximate surface area is 107 Å². The van der Waals surface area contributed by atoms with E-state index in [1.807, 2.05) is 0 Å². The van der Waals surface area contributed by atoms with Gasteiger partial charge in [-0.2, -0.15) is 0 Å². The van der Waals surface area contributed by atoms with Crippen LogP contribution >= 0.6 is 0 Å². The largest absolute Gasteiger partial charge is 0.349 e. The van der Waals surface area contributed by atoms with Gasteiger partial charge in [0.25, 0.3) is 5.91 Å². The predicted octanol–water partition coefficient (Wildman–Crippen LogP) is 2.35. The standard InChI is InChI=1S/C13H12F3NO2/c14-10-5-7(6-11(15)12(10)16)13(19)17-8-1-3-9(18)4-2-8/h5-6,8H,1-4H2,(H,17,19). The van der Waals surface area contributed by atoms with Gasteiger partial charge in [0.15, 0.2) is 17.5 Å². The Kier molecular flexibility index (Phi) is 3.87. The zero-order valence-electron chi connectivity index (χ0n) is 10.0. The lowest BCUT2D eigenvalue weighted by Crippen LogP contribution is -2.37. The van der Waals surface area contributed by atoms with Crippen molar-refractivity contribution in [1.82, 2.24) is 5.32 Å². The summed E-state index contributed by atoms with van der Waals surface area (Å²) in [7, 11) is 0. The average Bonchev–Trinajstić information content (AvgIpc) is 2.38. The van der Waals surface area contributed by atoms with Crippen molar-refractivity contribution in [3.8, 4) is 0 Å². The first-order chi connectivity index (χ1) is 8.97. The lowest BCUT2D eigenvalue weighted by Gasteiger charge is -2.22. The molecule has 102 valence electrons. The minimum atomic E-state index is -1.60. The average molecular weight is 271 g/mol. The van der Waals surface area contributed by atoms with Gasteiger partial charge >= 0.3 is 0 Å². The highest BCUT2D eigenvalue weighted by Gasteiger charge is 2.22. The number of halogens is 3. The SMILES string of the molecule is O=C1CCC(NC(=O)c2cc(F)c(F)c(F)c2)CC1. The van der Waals surface area contributed by atoms with Crippen molar-refractivity contribution in [2.24, 2.45) is 0 Å². The second-order valence-electron chi connectivity index (χ2n) is 4.54. The van der Waals surface area contributed by atoms with Gasteiger partial charge in [-0.1, -0.05) is 0 Å². The molecule has 1 amide bonds. The van der Waals surface area contributed by atoms with Gasteiger partial charge in [0.2, 0.25) is 0 Å². The third kappa shape index (κ3) is 3.13. The molecule has 0 saturated heterocycles. The van der Waals surface area contributed by atoms with E-state index in [0.717, 1.165) is 0 Å². The molecular formula is C13H12F3NO2. The molecule has 1 aromatic carbocycles. The fourth-order valence-electron chi connectivity index (χ4n) is 2.04. The van der Waals surface area contributed by atoms with Crippen LogP contribution in [0.5, 0.6) is 0 Å². The third-order valence-corrected chi connectivity index (χ3v) is 3.12. The van der Waals surface area contributed by atoms with Crippen LogP contribution in [-0.2, 0) is 4.79 Å². The van der Waals surface area contributed by atoms with Crippen molar-refractivity contribution in [2.45, 2.75) is 31.7 Å². The molecule has 1 aliphatic rings. The Bertz CT molecular complexity index is 498. The fourth-order valence-corrected chi connectivity index (χ4v) is 2.04. The lowest BCUT2D eigenvalue weighted by atomic mass is 9.94. The van der Waals surface area contributed by atoms with Crippen LogP contribution in [0, 0.1) is 17.5 Å². The van der Waals surface area contributed by atoms with Crippen molar-refractivity contribution in [3.63, 3.8) is 0 Å². The zero-order valence-corrected chi connectivity index (χ0v) is 10.0. The van der Waals surface area contributed by atoms with E-state index >= 15 is 0 Å². The molecule has 0 aliphatic heterocycles. The van der Waals surface area contributed by atoms with Crippen molar-refractivity contribution in [2.75, 3.05) is 0 Å². The highest BCUT2D eigenvalue weighted by atomic mass is 19.2. The second kappa shape index (κ2) is 5.42. The predicted molar refractivity (Wildman–Crippen MR) is 61.0 cm³/mol. The summed E-state index contributed by atoms with van der Waals surface area (Å²) in [4.78, 5) is 22.8. The van der Waals surface area contributed by atoms with Gasteiger partial charge < -0.3 is 5.32 Å². The molecule has 1 aliphatic carbocycles. The molecular weight excluding hydrogens is 259 g/mol.